The average Bonchev–Trinajstić information content (AvgIpc) is 2.82. The Morgan fingerprint density at radius 3 is 2.35 bits per heavy atom. The number of nitrogens with zero attached hydrogens (tertiary/aromatic N) is 2. The summed E-state index contributed by atoms with van der Waals surface area (Å²) in [5.41, 5.74) is -0.127. The third kappa shape index (κ3) is 5.82. The van der Waals surface area contributed by atoms with Crippen molar-refractivity contribution in [1.29, 1.82) is 0 Å². The first-order valence-corrected chi connectivity index (χ1v) is 12.6. The van der Waals surface area contributed by atoms with Gasteiger partial charge in [-0.3, -0.25) is 9.69 Å². The number of hydrogen-bond acceptors (Lipinski definition) is 6. The number of benzene rings is 2. The molecule has 7 nitrogen and oxygen atoms in total. The van der Waals surface area contributed by atoms with Gasteiger partial charge in [0, 0.05) is 45.2 Å². The van der Waals surface area contributed by atoms with Crippen LogP contribution in [0.5, 0.6) is 11.5 Å². The van der Waals surface area contributed by atoms with Crippen molar-refractivity contribution in [3.8, 4) is 11.5 Å². The minimum atomic E-state index is -4.39. The fraction of sp³-hybridized carbons (Fsp3) is 0.435. The van der Waals surface area contributed by atoms with Crippen LogP contribution >= 0.6 is 0 Å². The second-order valence-electron chi connectivity index (χ2n) is 8.23. The molecule has 0 spiro atoms. The number of sulfone groups is 1. The Morgan fingerprint density at radius 1 is 0.941 bits per heavy atom. The van der Waals surface area contributed by atoms with Crippen molar-refractivity contribution in [2.24, 2.45) is 0 Å². The van der Waals surface area contributed by atoms with E-state index in [2.05, 4.69) is 0 Å². The van der Waals surface area contributed by atoms with E-state index in [0.29, 0.717) is 63.0 Å². The number of rotatable bonds is 6. The van der Waals surface area contributed by atoms with Crippen molar-refractivity contribution in [2.75, 3.05) is 45.1 Å². The van der Waals surface area contributed by atoms with Gasteiger partial charge in [0.05, 0.1) is 16.2 Å². The zero-order valence-corrected chi connectivity index (χ0v) is 19.2. The van der Waals surface area contributed by atoms with Crippen molar-refractivity contribution >= 4 is 15.7 Å². The number of carbonyl (C=O) groups is 1. The molecule has 0 radical (unpaired) electrons. The second kappa shape index (κ2) is 9.83. The molecule has 0 bridgehead atoms. The highest BCUT2D eigenvalue weighted by Gasteiger charge is 2.31. The quantitative estimate of drug-likeness (QED) is 0.610. The van der Waals surface area contributed by atoms with Crippen LogP contribution < -0.4 is 9.47 Å². The summed E-state index contributed by atoms with van der Waals surface area (Å²) in [6.07, 6.45) is -4.54. The highest BCUT2D eigenvalue weighted by Crippen LogP contribution is 2.33. The number of ether oxygens (including phenoxy) is 2. The van der Waals surface area contributed by atoms with Crippen molar-refractivity contribution in [2.45, 2.75) is 24.0 Å². The molecule has 4 rings (SSSR count). The topological polar surface area (TPSA) is 76.1 Å². The highest BCUT2D eigenvalue weighted by molar-refractivity contribution is 7.91. The maximum Gasteiger partial charge on any atom is 0.416 e. The number of fused-ring (bicyclic) bond motifs is 1. The summed E-state index contributed by atoms with van der Waals surface area (Å²) in [6.45, 7) is 2.87. The fourth-order valence-electron chi connectivity index (χ4n) is 3.97. The zero-order valence-electron chi connectivity index (χ0n) is 18.4. The van der Waals surface area contributed by atoms with Crippen LogP contribution in [0.2, 0.25) is 0 Å². The Balaban J connectivity index is 1.28. The molecule has 2 heterocycles. The number of alkyl halides is 3. The van der Waals surface area contributed by atoms with Gasteiger partial charge in [-0.1, -0.05) is 18.2 Å². The van der Waals surface area contributed by atoms with E-state index in [-0.39, 0.29) is 23.0 Å². The molecule has 1 fully saturated rings. The third-order valence-electron chi connectivity index (χ3n) is 5.84. The number of halogens is 3. The van der Waals surface area contributed by atoms with Crippen LogP contribution in [0.4, 0.5) is 13.2 Å². The lowest BCUT2D eigenvalue weighted by Gasteiger charge is -2.35. The van der Waals surface area contributed by atoms with Gasteiger partial charge < -0.3 is 14.4 Å². The monoisotopic (exact) mass is 498 g/mol. The molecule has 2 aliphatic heterocycles. The lowest BCUT2D eigenvalue weighted by Crippen LogP contribution is -2.48. The van der Waals surface area contributed by atoms with Gasteiger partial charge in [-0.2, -0.15) is 13.2 Å². The molecule has 2 aromatic carbocycles. The molecule has 11 heteroatoms. The molecule has 1 amide bonds. The van der Waals surface area contributed by atoms with E-state index >= 15 is 0 Å². The molecule has 0 atom stereocenters. The van der Waals surface area contributed by atoms with Crippen LogP contribution in [0.3, 0.4) is 0 Å². The van der Waals surface area contributed by atoms with Gasteiger partial charge in [0.15, 0.2) is 21.3 Å². The van der Waals surface area contributed by atoms with E-state index in [9.17, 15) is 26.4 Å². The fourth-order valence-corrected chi connectivity index (χ4v) is 5.22. The van der Waals surface area contributed by atoms with Crippen LogP contribution in [0.15, 0.2) is 47.4 Å². The van der Waals surface area contributed by atoms with Crippen LogP contribution in [-0.4, -0.2) is 69.3 Å². The first kappa shape index (κ1) is 24.3. The van der Waals surface area contributed by atoms with Crippen LogP contribution in [-0.2, 0) is 27.4 Å². The third-order valence-corrected chi connectivity index (χ3v) is 7.56. The minimum Gasteiger partial charge on any atom is -0.486 e. The van der Waals surface area contributed by atoms with Crippen LogP contribution in [0, 0.1) is 0 Å². The second-order valence-corrected chi connectivity index (χ2v) is 10.3. The van der Waals surface area contributed by atoms with Crippen LogP contribution in [0.25, 0.3) is 0 Å². The standard InChI is InChI=1S/C23H25F3N2O5S/c24-23(25,26)18-3-1-2-17(14-18)16-27-7-9-28(10-8-27)22(29)6-13-34(30,31)19-4-5-20-21(15-19)33-12-11-32-20/h1-5,14-15H,6-13,16H2. The van der Waals surface area contributed by atoms with Gasteiger partial charge in [-0.05, 0) is 23.8 Å². The Hall–Kier alpha value is -2.79. The molecule has 0 N–H and O–H groups in total. The van der Waals surface area contributed by atoms with Gasteiger partial charge in [-0.15, -0.1) is 0 Å². The molecule has 0 unspecified atom stereocenters. The Labute approximate surface area is 196 Å². The summed E-state index contributed by atoms with van der Waals surface area (Å²) in [5.74, 6) is 0.273. The van der Waals surface area contributed by atoms with Crippen molar-refractivity contribution in [3.05, 3.63) is 53.6 Å². The molecular weight excluding hydrogens is 473 g/mol. The normalized spacial score (nSPS) is 17.0. The molecule has 2 aliphatic rings. The summed E-state index contributed by atoms with van der Waals surface area (Å²) in [4.78, 5) is 16.3. The highest BCUT2D eigenvalue weighted by atomic mass is 32.2. The van der Waals surface area contributed by atoms with Crippen LogP contribution in [0.1, 0.15) is 17.5 Å². The molecule has 1 saturated heterocycles. The van der Waals surface area contributed by atoms with E-state index < -0.39 is 21.6 Å². The number of amides is 1. The zero-order chi connectivity index (χ0) is 24.3. The Bertz CT molecular complexity index is 1150. The number of hydrogen-bond donors (Lipinski definition) is 0. The first-order chi connectivity index (χ1) is 16.1. The van der Waals surface area contributed by atoms with Crippen molar-refractivity contribution in [1.82, 2.24) is 9.80 Å². The smallest absolute Gasteiger partial charge is 0.416 e. The number of carbonyl (C=O) groups excluding carboxylic acids is 1. The largest absolute Gasteiger partial charge is 0.486 e. The molecule has 2 aromatic rings. The molecule has 0 aliphatic carbocycles. The Kier molecular flexibility index (Phi) is 7.04. The van der Waals surface area contributed by atoms with Crippen molar-refractivity contribution < 1.29 is 35.9 Å². The molecular formula is C23H25F3N2O5S. The first-order valence-electron chi connectivity index (χ1n) is 10.9. The molecule has 34 heavy (non-hydrogen) atoms. The summed E-state index contributed by atoms with van der Waals surface area (Å²) >= 11 is 0. The lowest BCUT2D eigenvalue weighted by atomic mass is 10.1. The maximum atomic E-state index is 12.9. The molecule has 0 aromatic heterocycles. The van der Waals surface area contributed by atoms with Gasteiger partial charge in [-0.25, -0.2) is 8.42 Å². The predicted molar refractivity (Wildman–Crippen MR) is 117 cm³/mol. The SMILES string of the molecule is O=C(CCS(=O)(=O)c1ccc2c(c1)OCCO2)N1CCN(Cc2cccc(C(F)(F)F)c2)CC1. The van der Waals surface area contributed by atoms with E-state index in [1.54, 1.807) is 17.0 Å². The average molecular weight is 499 g/mol. The maximum absolute atomic E-state index is 12.9. The van der Waals surface area contributed by atoms with Gasteiger partial charge >= 0.3 is 6.18 Å². The van der Waals surface area contributed by atoms with E-state index in [1.165, 1.54) is 18.2 Å². The van der Waals surface area contributed by atoms with E-state index in [1.807, 2.05) is 4.90 Å². The van der Waals surface area contributed by atoms with E-state index in [4.69, 9.17) is 9.47 Å². The van der Waals surface area contributed by atoms with E-state index in [0.717, 1.165) is 12.1 Å². The molecule has 0 saturated carbocycles. The van der Waals surface area contributed by atoms with Gasteiger partial charge in [0.25, 0.3) is 0 Å². The number of piperazine rings is 1. The minimum absolute atomic E-state index is 0.0791. The summed E-state index contributed by atoms with van der Waals surface area (Å²) in [6, 6.07) is 9.63. The summed E-state index contributed by atoms with van der Waals surface area (Å²) in [7, 11) is -3.68. The predicted octanol–water partition coefficient (Wildman–Crippen LogP) is 2.98. The molecule has 184 valence electrons. The van der Waals surface area contributed by atoms with Gasteiger partial charge in [0.2, 0.25) is 5.91 Å². The lowest BCUT2D eigenvalue weighted by molar-refractivity contribution is -0.137. The van der Waals surface area contributed by atoms with Crippen molar-refractivity contribution in [3.63, 3.8) is 0 Å². The Morgan fingerprint density at radius 2 is 1.65 bits per heavy atom. The summed E-state index contributed by atoms with van der Waals surface area (Å²) < 4.78 is 75.0. The van der Waals surface area contributed by atoms with Gasteiger partial charge in [0.1, 0.15) is 13.2 Å². The summed E-state index contributed by atoms with van der Waals surface area (Å²) in [5, 5.41) is 0.